The molecule has 5 rings (SSSR count). The van der Waals surface area contributed by atoms with Crippen LogP contribution in [0.5, 0.6) is 0 Å². The molecule has 0 saturated carbocycles. The molecule has 7 nitrogen and oxygen atoms in total. The van der Waals surface area contributed by atoms with Crippen LogP contribution in [-0.2, 0) is 6.42 Å². The van der Waals surface area contributed by atoms with E-state index in [0.717, 1.165) is 40.0 Å². The third-order valence-corrected chi connectivity index (χ3v) is 6.47. The lowest BCUT2D eigenvalue weighted by molar-refractivity contribution is 0.378. The lowest BCUT2D eigenvalue weighted by Crippen LogP contribution is -2.00. The van der Waals surface area contributed by atoms with Gasteiger partial charge in [0.25, 0.3) is 0 Å². The van der Waals surface area contributed by atoms with E-state index < -0.39 is 0 Å². The third kappa shape index (κ3) is 5.03. The van der Waals surface area contributed by atoms with Crippen molar-refractivity contribution < 1.29 is 4.52 Å². The molecular formula is C25H21ClN6OS. The minimum absolute atomic E-state index is 0.579. The second kappa shape index (κ2) is 10.2. The van der Waals surface area contributed by atoms with Gasteiger partial charge in [-0.2, -0.15) is 4.98 Å². The molecule has 0 spiro atoms. The summed E-state index contributed by atoms with van der Waals surface area (Å²) < 4.78 is 7.48. The van der Waals surface area contributed by atoms with Gasteiger partial charge < -0.3 is 4.52 Å². The number of aromatic nitrogens is 6. The zero-order valence-corrected chi connectivity index (χ0v) is 20.0. The van der Waals surface area contributed by atoms with E-state index in [1.54, 1.807) is 24.2 Å². The zero-order chi connectivity index (χ0) is 23.3. The monoisotopic (exact) mass is 488 g/mol. The lowest BCUT2D eigenvalue weighted by Gasteiger charge is -2.10. The summed E-state index contributed by atoms with van der Waals surface area (Å²) in [5.74, 6) is 2.82. The first-order valence-corrected chi connectivity index (χ1v) is 12.2. The van der Waals surface area contributed by atoms with Gasteiger partial charge in [0, 0.05) is 46.4 Å². The van der Waals surface area contributed by atoms with E-state index in [1.807, 2.05) is 36.4 Å². The van der Waals surface area contributed by atoms with Crippen molar-refractivity contribution in [2.24, 2.45) is 0 Å². The van der Waals surface area contributed by atoms with Gasteiger partial charge >= 0.3 is 0 Å². The van der Waals surface area contributed by atoms with E-state index >= 15 is 0 Å². The maximum absolute atomic E-state index is 6.12. The van der Waals surface area contributed by atoms with Gasteiger partial charge in [-0.25, -0.2) is 0 Å². The van der Waals surface area contributed by atoms with Crippen LogP contribution >= 0.6 is 23.4 Å². The summed E-state index contributed by atoms with van der Waals surface area (Å²) in [6, 6.07) is 19.7. The van der Waals surface area contributed by atoms with Crippen molar-refractivity contribution in [3.63, 3.8) is 0 Å². The molecule has 3 aromatic heterocycles. The van der Waals surface area contributed by atoms with Gasteiger partial charge in [0.1, 0.15) is 0 Å². The van der Waals surface area contributed by atoms with Crippen LogP contribution in [0.3, 0.4) is 0 Å². The molecule has 0 atom stereocenters. The first-order valence-electron chi connectivity index (χ1n) is 10.8. The van der Waals surface area contributed by atoms with E-state index in [0.29, 0.717) is 23.2 Å². The highest BCUT2D eigenvalue weighted by Gasteiger charge is 2.16. The summed E-state index contributed by atoms with van der Waals surface area (Å²) in [7, 11) is 0. The number of pyridine rings is 1. The predicted molar refractivity (Wildman–Crippen MR) is 133 cm³/mol. The summed E-state index contributed by atoms with van der Waals surface area (Å²) in [5, 5.41) is 14.6. The van der Waals surface area contributed by atoms with Crippen molar-refractivity contribution in [2.75, 3.05) is 5.75 Å². The number of thioether (sulfide) groups is 1. The summed E-state index contributed by atoms with van der Waals surface area (Å²) in [6.07, 6.45) is 4.97. The average Bonchev–Trinajstić information content (AvgIpc) is 3.51. The molecule has 0 amide bonds. The number of nitrogens with zero attached hydrogens (tertiary/aromatic N) is 6. The molecule has 2 aromatic carbocycles. The number of hydrogen-bond donors (Lipinski definition) is 0. The SMILES string of the molecule is Cc1ccc(-c2nnc(SCCCc3nc(-c4ccncc4)no3)n2-c2ccc(Cl)cc2)cc1. The van der Waals surface area contributed by atoms with Crippen molar-refractivity contribution in [3.05, 3.63) is 89.5 Å². The molecule has 0 bridgehead atoms. The number of rotatable bonds is 8. The van der Waals surface area contributed by atoms with Crippen LogP contribution in [0, 0.1) is 6.92 Å². The molecule has 0 saturated heterocycles. The lowest BCUT2D eigenvalue weighted by atomic mass is 10.1. The Bertz CT molecular complexity index is 1370. The topological polar surface area (TPSA) is 82.5 Å². The molecule has 170 valence electrons. The third-order valence-electron chi connectivity index (χ3n) is 5.20. The Labute approximate surface area is 206 Å². The van der Waals surface area contributed by atoms with Crippen LogP contribution in [-0.4, -0.2) is 35.6 Å². The summed E-state index contributed by atoms with van der Waals surface area (Å²) in [5.41, 5.74) is 4.06. The van der Waals surface area contributed by atoms with Crippen molar-refractivity contribution in [3.8, 4) is 28.5 Å². The molecule has 9 heteroatoms. The molecule has 0 unspecified atom stereocenters. The van der Waals surface area contributed by atoms with Crippen LogP contribution in [0.15, 0.2) is 82.7 Å². The molecular weight excluding hydrogens is 468 g/mol. The first kappa shape index (κ1) is 22.3. The van der Waals surface area contributed by atoms with E-state index in [1.165, 1.54) is 5.56 Å². The molecule has 0 aliphatic heterocycles. The largest absolute Gasteiger partial charge is 0.339 e. The normalized spacial score (nSPS) is 11.1. The van der Waals surface area contributed by atoms with Gasteiger partial charge in [-0.1, -0.05) is 58.3 Å². The van der Waals surface area contributed by atoms with Crippen molar-refractivity contribution in [2.45, 2.75) is 24.9 Å². The Hall–Kier alpha value is -3.49. The summed E-state index contributed by atoms with van der Waals surface area (Å²) in [4.78, 5) is 8.51. The maximum atomic E-state index is 6.12. The van der Waals surface area contributed by atoms with Crippen LogP contribution < -0.4 is 0 Å². The highest BCUT2D eigenvalue weighted by Crippen LogP contribution is 2.29. The Morgan fingerprint density at radius 3 is 2.44 bits per heavy atom. The fraction of sp³-hybridized carbons (Fsp3) is 0.160. The van der Waals surface area contributed by atoms with Crippen molar-refractivity contribution in [1.82, 2.24) is 29.9 Å². The number of benzene rings is 2. The molecule has 0 N–H and O–H groups in total. The standard InChI is InChI=1S/C25H21ClN6OS/c1-17-4-6-19(7-5-17)24-29-30-25(32(24)21-10-8-20(26)9-11-21)34-16-2-3-22-28-23(31-33-22)18-12-14-27-15-13-18/h4-15H,2-3,16H2,1H3. The van der Waals surface area contributed by atoms with Gasteiger partial charge in [0.15, 0.2) is 11.0 Å². The number of aryl methyl sites for hydroxylation is 2. The Kier molecular flexibility index (Phi) is 6.69. The van der Waals surface area contributed by atoms with Gasteiger partial charge in [-0.3, -0.25) is 9.55 Å². The smallest absolute Gasteiger partial charge is 0.226 e. The summed E-state index contributed by atoms with van der Waals surface area (Å²) >= 11 is 7.77. The zero-order valence-electron chi connectivity index (χ0n) is 18.4. The van der Waals surface area contributed by atoms with Crippen LogP contribution in [0.2, 0.25) is 5.02 Å². The Morgan fingerprint density at radius 1 is 0.912 bits per heavy atom. The highest BCUT2D eigenvalue weighted by molar-refractivity contribution is 7.99. The predicted octanol–water partition coefficient (Wildman–Crippen LogP) is 6.07. The van der Waals surface area contributed by atoms with Crippen LogP contribution in [0.4, 0.5) is 0 Å². The van der Waals surface area contributed by atoms with E-state index in [4.69, 9.17) is 16.1 Å². The molecule has 0 aliphatic carbocycles. The van der Waals surface area contributed by atoms with Crippen molar-refractivity contribution in [1.29, 1.82) is 0 Å². The fourth-order valence-electron chi connectivity index (χ4n) is 3.44. The maximum Gasteiger partial charge on any atom is 0.226 e. The van der Waals surface area contributed by atoms with E-state index in [2.05, 4.69) is 61.1 Å². The molecule has 0 fully saturated rings. The minimum Gasteiger partial charge on any atom is -0.339 e. The summed E-state index contributed by atoms with van der Waals surface area (Å²) in [6.45, 7) is 2.07. The molecule has 34 heavy (non-hydrogen) atoms. The van der Waals surface area contributed by atoms with Crippen molar-refractivity contribution >= 4 is 23.4 Å². The fourth-order valence-corrected chi connectivity index (χ4v) is 4.45. The average molecular weight is 489 g/mol. The number of hydrogen-bond acceptors (Lipinski definition) is 7. The van der Waals surface area contributed by atoms with Gasteiger partial charge in [0.05, 0.1) is 0 Å². The minimum atomic E-state index is 0.579. The first-order chi connectivity index (χ1) is 16.7. The van der Waals surface area contributed by atoms with E-state index in [9.17, 15) is 0 Å². The Morgan fingerprint density at radius 2 is 1.68 bits per heavy atom. The Balaban J connectivity index is 1.30. The molecule has 5 aromatic rings. The quantitative estimate of drug-likeness (QED) is 0.194. The second-order valence-corrected chi connectivity index (χ2v) is 9.18. The highest BCUT2D eigenvalue weighted by atomic mass is 35.5. The molecule has 0 radical (unpaired) electrons. The van der Waals surface area contributed by atoms with Gasteiger partial charge in [-0.05, 0) is 49.7 Å². The van der Waals surface area contributed by atoms with Gasteiger partial charge in [-0.15, -0.1) is 10.2 Å². The van der Waals surface area contributed by atoms with Crippen LogP contribution in [0.1, 0.15) is 17.9 Å². The second-order valence-electron chi connectivity index (χ2n) is 7.68. The molecule has 3 heterocycles. The number of halogens is 1. The molecule has 0 aliphatic rings. The van der Waals surface area contributed by atoms with Crippen LogP contribution in [0.25, 0.3) is 28.5 Å². The van der Waals surface area contributed by atoms with Gasteiger partial charge in [0.2, 0.25) is 11.7 Å². The van der Waals surface area contributed by atoms with E-state index in [-0.39, 0.29) is 0 Å².